The Kier molecular flexibility index (Phi) is 4.71. The highest BCUT2D eigenvalue weighted by Gasteiger charge is 2.51. The molecule has 7 rings (SSSR count). The van der Waals surface area contributed by atoms with Gasteiger partial charge in [0.25, 0.3) is 0 Å². The van der Waals surface area contributed by atoms with Crippen LogP contribution in [0, 0.1) is 5.92 Å². The molecule has 2 aromatic carbocycles. The molecule has 0 unspecified atom stereocenters. The minimum absolute atomic E-state index is 0.0953. The van der Waals surface area contributed by atoms with E-state index < -0.39 is 0 Å². The summed E-state index contributed by atoms with van der Waals surface area (Å²) in [6.45, 7) is 4.69. The summed E-state index contributed by atoms with van der Waals surface area (Å²) in [5.74, 6) is 1.80. The van der Waals surface area contributed by atoms with Crippen molar-refractivity contribution in [3.05, 3.63) is 102 Å². The van der Waals surface area contributed by atoms with Crippen molar-refractivity contribution < 1.29 is 4.52 Å². The highest BCUT2D eigenvalue weighted by Crippen LogP contribution is 2.55. The van der Waals surface area contributed by atoms with Crippen LogP contribution >= 0.6 is 0 Å². The lowest BCUT2D eigenvalue weighted by Gasteiger charge is -2.47. The second-order valence-electron chi connectivity index (χ2n) is 10.3. The molecule has 178 valence electrons. The van der Waals surface area contributed by atoms with Crippen molar-refractivity contribution in [3.8, 4) is 28.2 Å². The highest BCUT2D eigenvalue weighted by atomic mass is 16.5. The number of benzene rings is 2. The lowest BCUT2D eigenvalue weighted by atomic mass is 9.56. The Balaban J connectivity index is 1.42. The van der Waals surface area contributed by atoms with E-state index in [-0.39, 0.29) is 5.41 Å². The Hall–Kier alpha value is -4.06. The van der Waals surface area contributed by atoms with E-state index in [0.717, 1.165) is 42.1 Å². The van der Waals surface area contributed by atoms with Crippen LogP contribution in [0.4, 0.5) is 0 Å². The van der Waals surface area contributed by atoms with Gasteiger partial charge in [0.2, 0.25) is 0 Å². The fraction of sp³-hybridized carbons (Fsp3) is 0.267. The Morgan fingerprint density at radius 1 is 1.00 bits per heavy atom. The molecule has 0 radical (unpaired) electrons. The summed E-state index contributed by atoms with van der Waals surface area (Å²) in [6.07, 6.45) is 8.25. The van der Waals surface area contributed by atoms with Gasteiger partial charge >= 0.3 is 0 Å². The summed E-state index contributed by atoms with van der Waals surface area (Å²) >= 11 is 0. The zero-order valence-electron chi connectivity index (χ0n) is 20.4. The van der Waals surface area contributed by atoms with Crippen molar-refractivity contribution in [2.45, 2.75) is 44.4 Å². The third-order valence-electron chi connectivity index (χ3n) is 8.34. The second-order valence-corrected chi connectivity index (χ2v) is 10.3. The van der Waals surface area contributed by atoms with Crippen LogP contribution in [0.5, 0.6) is 0 Å². The predicted molar refractivity (Wildman–Crippen MR) is 138 cm³/mol. The van der Waals surface area contributed by atoms with E-state index in [1.807, 2.05) is 18.3 Å². The first-order valence-corrected chi connectivity index (χ1v) is 12.6. The molecule has 5 aromatic rings. The molecule has 36 heavy (non-hydrogen) atoms. The lowest BCUT2D eigenvalue weighted by molar-refractivity contribution is 0.170. The fourth-order valence-electron chi connectivity index (χ4n) is 6.69. The number of hydrogen-bond donors (Lipinski definition) is 0. The zero-order valence-corrected chi connectivity index (χ0v) is 20.4. The van der Waals surface area contributed by atoms with Crippen LogP contribution in [-0.2, 0) is 18.3 Å². The molecule has 0 saturated heterocycles. The SMILES string of the molecule is C[C@H]1c2oncc2C[C@@]2(C)c3c(c(-c4ccncn4)nn3-c3ccc(-c4ccccc4)cc3)CC[C@H]12. The first kappa shape index (κ1) is 21.2. The molecular formula is C30H27N5O. The van der Waals surface area contributed by atoms with E-state index in [4.69, 9.17) is 9.62 Å². The summed E-state index contributed by atoms with van der Waals surface area (Å²) in [7, 11) is 0. The Labute approximate surface area is 210 Å². The van der Waals surface area contributed by atoms with E-state index in [0.29, 0.717) is 11.8 Å². The number of fused-ring (bicyclic) bond motifs is 4. The number of nitrogens with zero attached hydrogens (tertiary/aromatic N) is 5. The summed E-state index contributed by atoms with van der Waals surface area (Å²) in [5.41, 5.74) is 9.01. The molecule has 3 heterocycles. The van der Waals surface area contributed by atoms with Crippen LogP contribution in [-0.4, -0.2) is 24.9 Å². The zero-order chi connectivity index (χ0) is 24.3. The van der Waals surface area contributed by atoms with Gasteiger partial charge in [-0.25, -0.2) is 14.6 Å². The van der Waals surface area contributed by atoms with Crippen molar-refractivity contribution >= 4 is 0 Å². The maximum absolute atomic E-state index is 5.71. The molecular weight excluding hydrogens is 446 g/mol. The summed E-state index contributed by atoms with van der Waals surface area (Å²) in [4.78, 5) is 8.71. The van der Waals surface area contributed by atoms with Gasteiger partial charge in [-0.3, -0.25) is 0 Å². The molecule has 3 aromatic heterocycles. The van der Waals surface area contributed by atoms with Gasteiger partial charge < -0.3 is 4.52 Å². The smallest absolute Gasteiger partial charge is 0.143 e. The summed E-state index contributed by atoms with van der Waals surface area (Å²) in [5, 5.41) is 9.38. The molecule has 6 nitrogen and oxygen atoms in total. The largest absolute Gasteiger partial charge is 0.361 e. The van der Waals surface area contributed by atoms with Crippen LogP contribution in [0.1, 0.15) is 48.8 Å². The van der Waals surface area contributed by atoms with Gasteiger partial charge in [-0.15, -0.1) is 0 Å². The minimum Gasteiger partial charge on any atom is -0.361 e. The third-order valence-corrected chi connectivity index (χ3v) is 8.34. The second kappa shape index (κ2) is 7.98. The standard InChI is InChI=1S/C30H27N5O/c1-19-25-13-12-24-27(26-14-15-31-18-32-26)34-35(29(24)30(25,2)16-22-17-33-36-28(19)22)23-10-8-21(9-11-23)20-6-4-3-5-7-20/h3-11,14-15,17-19,25H,12-13,16H2,1-2H3/t19-,25-,30-/m1/s1. The number of aromatic nitrogens is 5. The van der Waals surface area contributed by atoms with E-state index in [2.05, 4.69) is 82.2 Å². The number of hydrogen-bond acceptors (Lipinski definition) is 5. The first-order chi connectivity index (χ1) is 17.6. The van der Waals surface area contributed by atoms with Crippen molar-refractivity contribution in [1.82, 2.24) is 24.9 Å². The average Bonchev–Trinajstić information content (AvgIpc) is 3.55. The predicted octanol–water partition coefficient (Wildman–Crippen LogP) is 6.16. The van der Waals surface area contributed by atoms with Gasteiger partial charge in [0.15, 0.2) is 0 Å². The molecule has 0 aliphatic heterocycles. The fourth-order valence-corrected chi connectivity index (χ4v) is 6.69. The Morgan fingerprint density at radius 2 is 1.81 bits per heavy atom. The van der Waals surface area contributed by atoms with Crippen molar-refractivity contribution in [2.24, 2.45) is 5.92 Å². The molecule has 0 amide bonds. The molecule has 0 spiro atoms. The van der Waals surface area contributed by atoms with Gasteiger partial charge in [-0.05, 0) is 54.5 Å². The molecule has 0 bridgehead atoms. The molecule has 3 atom stereocenters. The maximum atomic E-state index is 5.71. The van der Waals surface area contributed by atoms with Crippen LogP contribution in [0.3, 0.4) is 0 Å². The van der Waals surface area contributed by atoms with Gasteiger partial charge in [0.05, 0.1) is 23.3 Å². The van der Waals surface area contributed by atoms with Gasteiger partial charge in [0.1, 0.15) is 17.8 Å². The van der Waals surface area contributed by atoms with Gasteiger partial charge in [-0.2, -0.15) is 5.10 Å². The Bertz CT molecular complexity index is 1540. The minimum atomic E-state index is -0.0953. The van der Waals surface area contributed by atoms with Crippen LogP contribution in [0.15, 0.2) is 83.9 Å². The molecule has 0 fully saturated rings. The van der Waals surface area contributed by atoms with Crippen molar-refractivity contribution in [3.63, 3.8) is 0 Å². The van der Waals surface area contributed by atoms with E-state index in [1.165, 1.54) is 27.9 Å². The third kappa shape index (κ3) is 3.10. The molecule has 2 aliphatic carbocycles. The van der Waals surface area contributed by atoms with Gasteiger partial charge in [0, 0.05) is 28.7 Å². The summed E-state index contributed by atoms with van der Waals surface area (Å²) < 4.78 is 7.88. The maximum Gasteiger partial charge on any atom is 0.143 e. The molecule has 0 N–H and O–H groups in total. The summed E-state index contributed by atoms with van der Waals surface area (Å²) in [6, 6.07) is 21.2. The quantitative estimate of drug-likeness (QED) is 0.314. The van der Waals surface area contributed by atoms with Crippen LogP contribution in [0.2, 0.25) is 0 Å². The molecule has 2 aliphatic rings. The first-order valence-electron chi connectivity index (χ1n) is 12.6. The number of rotatable bonds is 3. The van der Waals surface area contributed by atoms with Crippen molar-refractivity contribution in [2.75, 3.05) is 0 Å². The normalized spacial score (nSPS) is 22.5. The van der Waals surface area contributed by atoms with E-state index in [1.54, 1.807) is 12.5 Å². The van der Waals surface area contributed by atoms with E-state index in [9.17, 15) is 0 Å². The van der Waals surface area contributed by atoms with E-state index >= 15 is 0 Å². The lowest BCUT2D eigenvalue weighted by Crippen LogP contribution is -2.45. The molecule has 6 heteroatoms. The molecule has 0 saturated carbocycles. The van der Waals surface area contributed by atoms with Gasteiger partial charge in [-0.1, -0.05) is 61.5 Å². The van der Waals surface area contributed by atoms with Crippen molar-refractivity contribution in [1.29, 1.82) is 0 Å². The average molecular weight is 474 g/mol. The highest BCUT2D eigenvalue weighted by molar-refractivity contribution is 5.66. The Morgan fingerprint density at radius 3 is 2.58 bits per heavy atom. The van der Waals surface area contributed by atoms with Crippen LogP contribution in [0.25, 0.3) is 28.2 Å². The van der Waals surface area contributed by atoms with Crippen LogP contribution < -0.4 is 0 Å². The topological polar surface area (TPSA) is 69.6 Å². The monoisotopic (exact) mass is 473 g/mol.